The van der Waals surface area contributed by atoms with E-state index in [1.54, 1.807) is 0 Å². The Labute approximate surface area is 113 Å². The smallest absolute Gasteiger partial charge is 0.251 e. The molecule has 6 nitrogen and oxygen atoms in total. The van der Waals surface area contributed by atoms with Crippen molar-refractivity contribution in [1.82, 2.24) is 5.32 Å². The zero-order valence-electron chi connectivity index (χ0n) is 11.0. The third kappa shape index (κ3) is 4.22. The lowest BCUT2D eigenvalue weighted by Crippen LogP contribution is -2.25. The van der Waals surface area contributed by atoms with Crippen LogP contribution in [0.2, 0.25) is 0 Å². The average Bonchev–Trinajstić information content (AvgIpc) is 2.37. The Morgan fingerprint density at radius 2 is 2.11 bits per heavy atom. The number of unbranched alkanes of at least 4 members (excludes halogenated alkanes) is 1. The number of nitrogens with one attached hydrogen (secondary N) is 1. The molecule has 1 aromatic carbocycles. The minimum atomic E-state index is -3.93. The Hall–Kier alpha value is -1.60. The topological polar surface area (TPSA) is 98.5 Å². The highest BCUT2D eigenvalue weighted by molar-refractivity contribution is 7.89. The molecule has 0 bridgehead atoms. The standard InChI is InChI=1S/C12H18N2O4S/c1-3-4-7-14-12(15)9-5-6-10(18-2)11(8-9)19(13,16)17/h5-6,8H,3-4,7H2,1-2H3,(H,14,15)(H2,13,16,17). The van der Waals surface area contributed by atoms with Crippen molar-refractivity contribution in [3.05, 3.63) is 23.8 Å². The molecule has 19 heavy (non-hydrogen) atoms. The first-order valence-electron chi connectivity index (χ1n) is 5.89. The number of carbonyl (C=O) groups excluding carboxylic acids is 1. The number of primary sulfonamides is 1. The number of carbonyl (C=O) groups is 1. The first-order chi connectivity index (χ1) is 8.90. The van der Waals surface area contributed by atoms with E-state index in [1.165, 1.54) is 25.3 Å². The van der Waals surface area contributed by atoms with Crippen molar-refractivity contribution in [2.45, 2.75) is 24.7 Å². The van der Waals surface area contributed by atoms with E-state index in [9.17, 15) is 13.2 Å². The van der Waals surface area contributed by atoms with Gasteiger partial charge in [0.2, 0.25) is 10.0 Å². The molecule has 0 saturated heterocycles. The van der Waals surface area contributed by atoms with Crippen LogP contribution in [0.25, 0.3) is 0 Å². The fourth-order valence-electron chi connectivity index (χ4n) is 1.52. The zero-order valence-corrected chi connectivity index (χ0v) is 11.8. The van der Waals surface area contributed by atoms with Crippen molar-refractivity contribution in [1.29, 1.82) is 0 Å². The van der Waals surface area contributed by atoms with E-state index < -0.39 is 10.0 Å². The summed E-state index contributed by atoms with van der Waals surface area (Å²) in [5.74, 6) is -0.214. The molecular weight excluding hydrogens is 268 g/mol. The summed E-state index contributed by atoms with van der Waals surface area (Å²) in [5, 5.41) is 7.78. The van der Waals surface area contributed by atoms with Crippen molar-refractivity contribution in [3.63, 3.8) is 0 Å². The third-order valence-electron chi connectivity index (χ3n) is 2.55. The lowest BCUT2D eigenvalue weighted by molar-refractivity contribution is 0.0953. The summed E-state index contributed by atoms with van der Waals surface area (Å²) in [6.45, 7) is 2.56. The van der Waals surface area contributed by atoms with Gasteiger partial charge in [-0.15, -0.1) is 0 Å². The maximum Gasteiger partial charge on any atom is 0.251 e. The molecule has 3 N–H and O–H groups in total. The Bertz CT molecular complexity index is 555. The second-order valence-electron chi connectivity index (χ2n) is 4.02. The molecule has 0 aliphatic heterocycles. The van der Waals surface area contributed by atoms with Gasteiger partial charge in [-0.05, 0) is 24.6 Å². The van der Waals surface area contributed by atoms with Gasteiger partial charge in [-0.1, -0.05) is 13.3 Å². The van der Waals surface area contributed by atoms with Crippen molar-refractivity contribution < 1.29 is 17.9 Å². The van der Waals surface area contributed by atoms with Crippen LogP contribution >= 0.6 is 0 Å². The Kier molecular flexibility index (Phi) is 5.31. The number of hydrogen-bond donors (Lipinski definition) is 2. The summed E-state index contributed by atoms with van der Waals surface area (Å²) in [5.41, 5.74) is 0.237. The van der Waals surface area contributed by atoms with Crippen molar-refractivity contribution in [3.8, 4) is 5.75 Å². The largest absolute Gasteiger partial charge is 0.495 e. The molecule has 7 heteroatoms. The van der Waals surface area contributed by atoms with Gasteiger partial charge < -0.3 is 10.1 Å². The maximum atomic E-state index is 11.8. The van der Waals surface area contributed by atoms with E-state index in [0.29, 0.717) is 6.54 Å². The monoisotopic (exact) mass is 286 g/mol. The van der Waals surface area contributed by atoms with Crippen LogP contribution in [0.4, 0.5) is 0 Å². The Balaban J connectivity index is 3.02. The molecule has 0 aromatic heterocycles. The molecule has 0 heterocycles. The van der Waals surface area contributed by atoms with Gasteiger partial charge in [0.05, 0.1) is 7.11 Å². The van der Waals surface area contributed by atoms with E-state index >= 15 is 0 Å². The summed E-state index contributed by atoms with van der Waals surface area (Å²) < 4.78 is 27.7. The average molecular weight is 286 g/mol. The highest BCUT2D eigenvalue weighted by Crippen LogP contribution is 2.23. The fourth-order valence-corrected chi connectivity index (χ4v) is 2.24. The number of ether oxygens (including phenoxy) is 1. The van der Waals surface area contributed by atoms with Crippen LogP contribution in [-0.4, -0.2) is 28.0 Å². The highest BCUT2D eigenvalue weighted by Gasteiger charge is 2.17. The lowest BCUT2D eigenvalue weighted by atomic mass is 10.2. The van der Waals surface area contributed by atoms with Crippen molar-refractivity contribution in [2.24, 2.45) is 5.14 Å². The summed E-state index contributed by atoms with van der Waals surface area (Å²) in [7, 11) is -2.59. The van der Waals surface area contributed by atoms with Crippen LogP contribution in [0.1, 0.15) is 30.1 Å². The normalized spacial score (nSPS) is 11.1. The molecule has 0 spiro atoms. The first kappa shape index (κ1) is 15.5. The molecular formula is C12H18N2O4S. The van der Waals surface area contributed by atoms with Crippen LogP contribution in [0.3, 0.4) is 0 Å². The highest BCUT2D eigenvalue weighted by atomic mass is 32.2. The van der Waals surface area contributed by atoms with Crippen molar-refractivity contribution in [2.75, 3.05) is 13.7 Å². The van der Waals surface area contributed by atoms with Crippen LogP contribution in [0.5, 0.6) is 5.75 Å². The maximum absolute atomic E-state index is 11.8. The van der Waals surface area contributed by atoms with Gasteiger partial charge in [0.25, 0.3) is 5.91 Å². The van der Waals surface area contributed by atoms with Crippen LogP contribution in [0, 0.1) is 0 Å². The number of sulfonamides is 1. The number of amides is 1. The molecule has 0 atom stereocenters. The van der Waals surface area contributed by atoms with E-state index in [1.807, 2.05) is 6.92 Å². The van der Waals surface area contributed by atoms with Gasteiger partial charge in [0, 0.05) is 12.1 Å². The number of hydrogen-bond acceptors (Lipinski definition) is 4. The second kappa shape index (κ2) is 6.53. The third-order valence-corrected chi connectivity index (χ3v) is 3.48. The second-order valence-corrected chi connectivity index (χ2v) is 5.55. The summed E-state index contributed by atoms with van der Waals surface area (Å²) in [6.07, 6.45) is 1.83. The SMILES string of the molecule is CCCCNC(=O)c1ccc(OC)c(S(N)(=O)=O)c1. The number of rotatable bonds is 6. The minimum absolute atomic E-state index is 0.118. The molecule has 0 unspecified atom stereocenters. The quantitative estimate of drug-likeness (QED) is 0.758. The van der Waals surface area contributed by atoms with E-state index in [2.05, 4.69) is 5.32 Å². The van der Waals surface area contributed by atoms with Gasteiger partial charge >= 0.3 is 0 Å². The summed E-state index contributed by atoms with van der Waals surface area (Å²) >= 11 is 0. The molecule has 1 aromatic rings. The van der Waals surface area contributed by atoms with Crippen molar-refractivity contribution >= 4 is 15.9 Å². The van der Waals surface area contributed by atoms with Gasteiger partial charge in [-0.2, -0.15) is 0 Å². The van der Waals surface area contributed by atoms with Crippen LogP contribution < -0.4 is 15.2 Å². The Morgan fingerprint density at radius 1 is 1.42 bits per heavy atom. The molecule has 0 saturated carbocycles. The first-order valence-corrected chi connectivity index (χ1v) is 7.43. The lowest BCUT2D eigenvalue weighted by Gasteiger charge is -2.09. The molecule has 1 rings (SSSR count). The number of methoxy groups -OCH3 is 1. The van der Waals surface area contributed by atoms with E-state index in [0.717, 1.165) is 12.8 Å². The summed E-state index contributed by atoms with van der Waals surface area (Å²) in [6, 6.07) is 4.12. The van der Waals surface area contributed by atoms with Crippen LogP contribution in [-0.2, 0) is 10.0 Å². The molecule has 0 radical (unpaired) electrons. The van der Waals surface area contributed by atoms with E-state index in [4.69, 9.17) is 9.88 Å². The van der Waals surface area contributed by atoms with Gasteiger partial charge in [0.15, 0.2) is 0 Å². The van der Waals surface area contributed by atoms with Gasteiger partial charge in [-0.25, -0.2) is 13.6 Å². The molecule has 0 aliphatic rings. The summed E-state index contributed by atoms with van der Waals surface area (Å²) in [4.78, 5) is 11.6. The van der Waals surface area contributed by atoms with E-state index in [-0.39, 0.29) is 22.1 Å². The number of nitrogens with two attached hydrogens (primary N) is 1. The Morgan fingerprint density at radius 3 is 2.63 bits per heavy atom. The molecule has 106 valence electrons. The molecule has 0 fully saturated rings. The van der Waals surface area contributed by atoms with Crippen LogP contribution in [0.15, 0.2) is 23.1 Å². The van der Waals surface area contributed by atoms with Gasteiger partial charge in [-0.3, -0.25) is 4.79 Å². The minimum Gasteiger partial charge on any atom is -0.495 e. The van der Waals surface area contributed by atoms with Gasteiger partial charge in [0.1, 0.15) is 10.6 Å². The predicted molar refractivity (Wildman–Crippen MR) is 71.6 cm³/mol. The fraction of sp³-hybridized carbons (Fsp3) is 0.417. The number of benzene rings is 1. The molecule has 0 aliphatic carbocycles. The predicted octanol–water partition coefficient (Wildman–Crippen LogP) is 0.873. The zero-order chi connectivity index (χ0) is 14.5. The molecule has 1 amide bonds.